The number of carboxylic acid groups (broad SMARTS) is 1. The second kappa shape index (κ2) is 7.48. The van der Waals surface area contributed by atoms with Crippen LogP contribution in [0.1, 0.15) is 20.3 Å². The van der Waals surface area contributed by atoms with Crippen LogP contribution in [-0.2, 0) is 9.59 Å². The first-order chi connectivity index (χ1) is 7.84. The molecular formula is C10H19N3O4. The van der Waals surface area contributed by atoms with Crippen molar-refractivity contribution in [3.63, 3.8) is 0 Å². The van der Waals surface area contributed by atoms with Gasteiger partial charge in [0.1, 0.15) is 0 Å². The van der Waals surface area contributed by atoms with E-state index < -0.39 is 23.8 Å². The van der Waals surface area contributed by atoms with E-state index >= 15 is 0 Å². The van der Waals surface area contributed by atoms with Crippen molar-refractivity contribution in [1.29, 1.82) is 0 Å². The van der Waals surface area contributed by atoms with Crippen LogP contribution in [0, 0.1) is 11.8 Å². The van der Waals surface area contributed by atoms with Gasteiger partial charge in [0.05, 0.1) is 5.92 Å². The summed E-state index contributed by atoms with van der Waals surface area (Å²) < 4.78 is 0. The summed E-state index contributed by atoms with van der Waals surface area (Å²) in [7, 11) is 0. The number of aliphatic carboxylic acids is 1. The second-order valence-corrected chi connectivity index (χ2v) is 4.04. The first kappa shape index (κ1) is 15.2. The fourth-order valence-corrected chi connectivity index (χ4v) is 1.17. The molecule has 0 heterocycles. The van der Waals surface area contributed by atoms with Gasteiger partial charge in [-0.2, -0.15) is 0 Å². The van der Waals surface area contributed by atoms with Crippen LogP contribution in [0.25, 0.3) is 0 Å². The number of hydrogen-bond acceptors (Lipinski definition) is 3. The molecule has 0 aromatic heterocycles. The van der Waals surface area contributed by atoms with Crippen LogP contribution in [0.15, 0.2) is 0 Å². The molecule has 0 aromatic rings. The van der Waals surface area contributed by atoms with Crippen molar-refractivity contribution >= 4 is 17.9 Å². The summed E-state index contributed by atoms with van der Waals surface area (Å²) in [5.74, 6) is -2.15. The molecule has 0 spiro atoms. The lowest BCUT2D eigenvalue weighted by Crippen LogP contribution is -2.42. The quantitative estimate of drug-likeness (QED) is 0.483. The monoisotopic (exact) mass is 245 g/mol. The van der Waals surface area contributed by atoms with Gasteiger partial charge in [-0.25, -0.2) is 4.79 Å². The SMILES string of the molecule is CC(C)C(CNC(=O)NCCC(N)=O)C(=O)O. The maximum atomic E-state index is 11.2. The van der Waals surface area contributed by atoms with Crippen molar-refractivity contribution in [2.75, 3.05) is 13.1 Å². The largest absolute Gasteiger partial charge is 0.481 e. The zero-order valence-corrected chi connectivity index (χ0v) is 10.0. The van der Waals surface area contributed by atoms with Crippen molar-refractivity contribution in [3.05, 3.63) is 0 Å². The van der Waals surface area contributed by atoms with Crippen molar-refractivity contribution in [3.8, 4) is 0 Å². The number of carboxylic acids is 1. The highest BCUT2D eigenvalue weighted by atomic mass is 16.4. The molecule has 3 amide bonds. The Labute approximate surface area is 99.7 Å². The summed E-state index contributed by atoms with van der Waals surface area (Å²) in [6, 6.07) is -0.502. The van der Waals surface area contributed by atoms with E-state index in [2.05, 4.69) is 10.6 Å². The number of carbonyl (C=O) groups excluding carboxylic acids is 2. The normalized spacial score (nSPS) is 11.9. The summed E-state index contributed by atoms with van der Waals surface area (Å²) in [6.07, 6.45) is 0.0555. The lowest BCUT2D eigenvalue weighted by Gasteiger charge is -2.16. The molecule has 0 saturated carbocycles. The molecule has 1 unspecified atom stereocenters. The number of amides is 3. The third-order valence-corrected chi connectivity index (χ3v) is 2.26. The van der Waals surface area contributed by atoms with Crippen molar-refractivity contribution < 1.29 is 19.5 Å². The summed E-state index contributed by atoms with van der Waals surface area (Å²) in [4.78, 5) is 32.4. The van der Waals surface area contributed by atoms with Gasteiger partial charge in [0, 0.05) is 19.5 Å². The first-order valence-electron chi connectivity index (χ1n) is 5.37. The van der Waals surface area contributed by atoms with E-state index in [-0.39, 0.29) is 25.4 Å². The average molecular weight is 245 g/mol. The average Bonchev–Trinajstić information content (AvgIpc) is 2.15. The summed E-state index contributed by atoms with van der Waals surface area (Å²) >= 11 is 0. The molecule has 0 aliphatic carbocycles. The molecule has 0 fully saturated rings. The molecule has 7 nitrogen and oxygen atoms in total. The topological polar surface area (TPSA) is 122 Å². The summed E-state index contributed by atoms with van der Waals surface area (Å²) in [5.41, 5.74) is 4.89. The number of hydrogen-bond donors (Lipinski definition) is 4. The zero-order chi connectivity index (χ0) is 13.4. The first-order valence-corrected chi connectivity index (χ1v) is 5.37. The molecule has 0 aliphatic rings. The lowest BCUT2D eigenvalue weighted by molar-refractivity contribution is -0.142. The molecule has 0 aromatic carbocycles. The Hall–Kier alpha value is -1.79. The zero-order valence-electron chi connectivity index (χ0n) is 10.0. The summed E-state index contributed by atoms with van der Waals surface area (Å²) in [5, 5.41) is 13.7. The smallest absolute Gasteiger partial charge is 0.314 e. The number of rotatable bonds is 7. The predicted molar refractivity (Wildman–Crippen MR) is 61.2 cm³/mol. The molecule has 0 radical (unpaired) electrons. The maximum Gasteiger partial charge on any atom is 0.314 e. The molecule has 0 bridgehead atoms. The van der Waals surface area contributed by atoms with Crippen molar-refractivity contribution in [2.24, 2.45) is 17.6 Å². The van der Waals surface area contributed by atoms with E-state index in [1.54, 1.807) is 13.8 Å². The highest BCUT2D eigenvalue weighted by molar-refractivity contribution is 5.77. The Balaban J connectivity index is 3.89. The van der Waals surface area contributed by atoms with E-state index in [9.17, 15) is 14.4 Å². The van der Waals surface area contributed by atoms with E-state index in [4.69, 9.17) is 10.8 Å². The van der Waals surface area contributed by atoms with Crippen LogP contribution in [-0.4, -0.2) is 36.1 Å². The Bertz CT molecular complexity index is 291. The van der Waals surface area contributed by atoms with Crippen molar-refractivity contribution in [2.45, 2.75) is 20.3 Å². The van der Waals surface area contributed by atoms with Gasteiger partial charge in [-0.1, -0.05) is 13.8 Å². The number of nitrogens with one attached hydrogen (secondary N) is 2. The number of nitrogens with two attached hydrogens (primary N) is 1. The highest BCUT2D eigenvalue weighted by Crippen LogP contribution is 2.09. The predicted octanol–water partition coefficient (Wildman–Crippen LogP) is -0.482. The van der Waals surface area contributed by atoms with E-state index in [1.807, 2.05) is 0 Å². The molecule has 0 rings (SSSR count). The van der Waals surface area contributed by atoms with Gasteiger partial charge in [-0.3, -0.25) is 9.59 Å². The van der Waals surface area contributed by atoms with Crippen molar-refractivity contribution in [1.82, 2.24) is 10.6 Å². The molecule has 0 saturated heterocycles. The third-order valence-electron chi connectivity index (χ3n) is 2.26. The standard InChI is InChI=1S/C10H19N3O4/c1-6(2)7(9(15)16)5-13-10(17)12-4-3-8(11)14/h6-7H,3-5H2,1-2H3,(H2,11,14)(H,15,16)(H2,12,13,17). The minimum atomic E-state index is -0.947. The number of urea groups is 1. The summed E-state index contributed by atoms with van der Waals surface area (Å²) in [6.45, 7) is 3.73. The third kappa shape index (κ3) is 7.15. The molecule has 5 N–H and O–H groups in total. The van der Waals surface area contributed by atoms with E-state index in [0.29, 0.717) is 0 Å². The molecule has 98 valence electrons. The molecular weight excluding hydrogens is 226 g/mol. The Kier molecular flexibility index (Phi) is 6.69. The van der Waals surface area contributed by atoms with Gasteiger partial charge < -0.3 is 21.5 Å². The number of primary amides is 1. The minimum absolute atomic E-state index is 0.0510. The molecule has 7 heteroatoms. The van der Waals surface area contributed by atoms with Gasteiger partial charge in [0.15, 0.2) is 0 Å². The fourth-order valence-electron chi connectivity index (χ4n) is 1.17. The van der Waals surface area contributed by atoms with Crippen LogP contribution in [0.5, 0.6) is 0 Å². The Morgan fingerprint density at radius 2 is 1.82 bits per heavy atom. The molecule has 17 heavy (non-hydrogen) atoms. The Morgan fingerprint density at radius 3 is 2.24 bits per heavy atom. The van der Waals surface area contributed by atoms with Crippen LogP contribution in [0.2, 0.25) is 0 Å². The van der Waals surface area contributed by atoms with E-state index in [0.717, 1.165) is 0 Å². The fraction of sp³-hybridized carbons (Fsp3) is 0.700. The van der Waals surface area contributed by atoms with Gasteiger partial charge >= 0.3 is 12.0 Å². The lowest BCUT2D eigenvalue weighted by atomic mass is 9.96. The van der Waals surface area contributed by atoms with Gasteiger partial charge in [0.2, 0.25) is 5.91 Å². The number of carbonyl (C=O) groups is 3. The minimum Gasteiger partial charge on any atom is -0.481 e. The van der Waals surface area contributed by atoms with E-state index in [1.165, 1.54) is 0 Å². The van der Waals surface area contributed by atoms with Crippen LogP contribution >= 0.6 is 0 Å². The van der Waals surface area contributed by atoms with Gasteiger partial charge in [-0.05, 0) is 5.92 Å². The van der Waals surface area contributed by atoms with Gasteiger partial charge in [-0.15, -0.1) is 0 Å². The van der Waals surface area contributed by atoms with Crippen LogP contribution < -0.4 is 16.4 Å². The molecule has 1 atom stereocenters. The maximum absolute atomic E-state index is 11.2. The van der Waals surface area contributed by atoms with Crippen LogP contribution in [0.3, 0.4) is 0 Å². The molecule has 0 aliphatic heterocycles. The Morgan fingerprint density at radius 1 is 1.24 bits per heavy atom. The second-order valence-electron chi connectivity index (χ2n) is 4.04. The van der Waals surface area contributed by atoms with Gasteiger partial charge in [0.25, 0.3) is 0 Å². The van der Waals surface area contributed by atoms with Crippen LogP contribution in [0.4, 0.5) is 4.79 Å². The highest BCUT2D eigenvalue weighted by Gasteiger charge is 2.21.